The summed E-state index contributed by atoms with van der Waals surface area (Å²) in [6, 6.07) is 10.5. The number of hydrogen-bond donors (Lipinski definition) is 1. The van der Waals surface area contributed by atoms with E-state index in [0.717, 1.165) is 23.5 Å². The molecule has 130 valence electrons. The number of hydrogen-bond acceptors (Lipinski definition) is 4. The molecule has 0 bridgehead atoms. The maximum absolute atomic E-state index is 4.72. The highest BCUT2D eigenvalue weighted by Gasteiger charge is 2.13. The summed E-state index contributed by atoms with van der Waals surface area (Å²) < 4.78 is 0. The summed E-state index contributed by atoms with van der Waals surface area (Å²) in [4.78, 5) is 11.1. The second-order valence-electron chi connectivity index (χ2n) is 6.53. The van der Waals surface area contributed by atoms with Crippen LogP contribution in [-0.2, 0) is 13.1 Å². The second kappa shape index (κ2) is 8.58. The molecule has 0 atom stereocenters. The molecular weight excluding hydrogens is 308 g/mol. The molecule has 1 saturated heterocycles. The van der Waals surface area contributed by atoms with Gasteiger partial charge in [0.1, 0.15) is 0 Å². The van der Waals surface area contributed by atoms with E-state index >= 15 is 0 Å². The number of aryl methyl sites for hydroxylation is 1. The van der Waals surface area contributed by atoms with E-state index in [1.165, 1.54) is 37.1 Å². The van der Waals surface area contributed by atoms with Gasteiger partial charge in [-0.25, -0.2) is 0 Å². The van der Waals surface area contributed by atoms with Crippen molar-refractivity contribution in [1.82, 2.24) is 9.88 Å². The fourth-order valence-corrected chi connectivity index (χ4v) is 3.22. The number of pyridine rings is 1. The van der Waals surface area contributed by atoms with Crippen molar-refractivity contribution in [3.05, 3.63) is 65.1 Å². The van der Waals surface area contributed by atoms with Crippen LogP contribution in [0.15, 0.2) is 47.7 Å². The maximum atomic E-state index is 4.72. The molecule has 1 aromatic carbocycles. The maximum Gasteiger partial charge on any atom is 0.0667 e. The summed E-state index contributed by atoms with van der Waals surface area (Å²) >= 11 is 0. The summed E-state index contributed by atoms with van der Waals surface area (Å²) in [6.45, 7) is 9.68. The Kier molecular flexibility index (Phi) is 5.96. The van der Waals surface area contributed by atoms with Gasteiger partial charge in [-0.3, -0.25) is 14.9 Å². The first kappa shape index (κ1) is 17.4. The van der Waals surface area contributed by atoms with Crippen molar-refractivity contribution in [3.8, 4) is 0 Å². The van der Waals surface area contributed by atoms with E-state index in [9.17, 15) is 0 Å². The molecule has 0 unspecified atom stereocenters. The van der Waals surface area contributed by atoms with Crippen LogP contribution in [-0.4, -0.2) is 29.7 Å². The van der Waals surface area contributed by atoms with Crippen LogP contribution in [0.1, 0.15) is 35.2 Å². The highest BCUT2D eigenvalue weighted by molar-refractivity contribution is 5.56. The van der Waals surface area contributed by atoms with Crippen LogP contribution in [0, 0.1) is 6.92 Å². The van der Waals surface area contributed by atoms with Crippen molar-refractivity contribution in [3.63, 3.8) is 0 Å². The summed E-state index contributed by atoms with van der Waals surface area (Å²) in [5, 5.41) is 3.49. The third kappa shape index (κ3) is 4.77. The molecule has 2 heterocycles. The number of nitrogens with zero attached hydrogens (tertiary/aromatic N) is 3. The van der Waals surface area contributed by atoms with Gasteiger partial charge in [0, 0.05) is 24.6 Å². The number of anilines is 1. The molecule has 4 heteroatoms. The number of benzene rings is 1. The van der Waals surface area contributed by atoms with Gasteiger partial charge in [-0.1, -0.05) is 18.2 Å². The van der Waals surface area contributed by atoms with Crippen molar-refractivity contribution < 1.29 is 0 Å². The van der Waals surface area contributed by atoms with Crippen LogP contribution in [0.4, 0.5) is 5.69 Å². The summed E-state index contributed by atoms with van der Waals surface area (Å²) in [5.74, 6) is 0. The first-order valence-corrected chi connectivity index (χ1v) is 8.88. The largest absolute Gasteiger partial charge is 0.379 e. The molecule has 3 rings (SSSR count). The average Bonchev–Trinajstić information content (AvgIpc) is 3.13. The van der Waals surface area contributed by atoms with Crippen LogP contribution in [0.3, 0.4) is 0 Å². The van der Waals surface area contributed by atoms with E-state index in [0.29, 0.717) is 6.54 Å². The van der Waals surface area contributed by atoms with E-state index in [4.69, 9.17) is 4.98 Å². The van der Waals surface area contributed by atoms with Gasteiger partial charge in [0.05, 0.1) is 12.2 Å². The highest BCUT2D eigenvalue weighted by atomic mass is 15.1. The van der Waals surface area contributed by atoms with Crippen molar-refractivity contribution in [2.75, 3.05) is 18.4 Å². The van der Waals surface area contributed by atoms with Gasteiger partial charge in [0.25, 0.3) is 0 Å². The molecule has 1 aliphatic rings. The van der Waals surface area contributed by atoms with E-state index in [1.807, 2.05) is 18.3 Å². The SMILES string of the molecule is C=N/C=C\c1cc(CN2CCCC2)cnc1CNc1ccccc1C. The monoisotopic (exact) mass is 334 g/mol. The molecule has 25 heavy (non-hydrogen) atoms. The number of aromatic nitrogens is 1. The smallest absolute Gasteiger partial charge is 0.0667 e. The van der Waals surface area contributed by atoms with Crippen molar-refractivity contribution in [1.29, 1.82) is 0 Å². The predicted octanol–water partition coefficient (Wildman–Crippen LogP) is 4.27. The first-order chi connectivity index (χ1) is 12.3. The molecule has 0 radical (unpaired) electrons. The van der Waals surface area contributed by atoms with E-state index < -0.39 is 0 Å². The van der Waals surface area contributed by atoms with Gasteiger partial charge in [-0.2, -0.15) is 0 Å². The van der Waals surface area contributed by atoms with Crippen LogP contribution < -0.4 is 5.32 Å². The topological polar surface area (TPSA) is 40.5 Å². The molecule has 1 aliphatic heterocycles. The van der Waals surface area contributed by atoms with Crippen molar-refractivity contribution in [2.45, 2.75) is 32.9 Å². The molecule has 0 saturated carbocycles. The summed E-state index contributed by atoms with van der Waals surface area (Å²) in [7, 11) is 0. The highest BCUT2D eigenvalue weighted by Crippen LogP contribution is 2.19. The minimum atomic E-state index is 0.686. The Hall–Kier alpha value is -2.46. The number of nitrogens with one attached hydrogen (secondary N) is 1. The fourth-order valence-electron chi connectivity index (χ4n) is 3.22. The zero-order chi connectivity index (χ0) is 17.5. The minimum absolute atomic E-state index is 0.686. The lowest BCUT2D eigenvalue weighted by molar-refractivity contribution is 0.331. The fraction of sp³-hybridized carbons (Fsp3) is 0.333. The number of rotatable bonds is 7. The second-order valence-corrected chi connectivity index (χ2v) is 6.53. The van der Waals surface area contributed by atoms with Crippen molar-refractivity contribution in [2.24, 2.45) is 4.99 Å². The van der Waals surface area contributed by atoms with Crippen LogP contribution in [0.2, 0.25) is 0 Å². The third-order valence-electron chi connectivity index (χ3n) is 4.62. The van der Waals surface area contributed by atoms with E-state index in [1.54, 1.807) is 6.20 Å². The zero-order valence-electron chi connectivity index (χ0n) is 14.9. The average molecular weight is 334 g/mol. The van der Waals surface area contributed by atoms with Gasteiger partial charge in [0.2, 0.25) is 0 Å². The number of likely N-dealkylation sites (tertiary alicyclic amines) is 1. The number of para-hydroxylation sites is 1. The first-order valence-electron chi connectivity index (χ1n) is 8.88. The lowest BCUT2D eigenvalue weighted by Gasteiger charge is -2.16. The third-order valence-corrected chi connectivity index (χ3v) is 4.62. The zero-order valence-corrected chi connectivity index (χ0v) is 14.9. The molecule has 0 amide bonds. The van der Waals surface area contributed by atoms with E-state index in [2.05, 4.69) is 53.1 Å². The Balaban J connectivity index is 1.75. The Labute approximate surface area is 150 Å². The summed E-state index contributed by atoms with van der Waals surface area (Å²) in [6.07, 6.45) is 8.33. The van der Waals surface area contributed by atoms with Crippen molar-refractivity contribution >= 4 is 18.5 Å². The minimum Gasteiger partial charge on any atom is -0.379 e. The Bertz CT molecular complexity index is 745. The van der Waals surface area contributed by atoms with Crippen LogP contribution in [0.25, 0.3) is 6.08 Å². The Morgan fingerprint density at radius 3 is 2.84 bits per heavy atom. The molecule has 1 aromatic heterocycles. The predicted molar refractivity (Wildman–Crippen MR) is 106 cm³/mol. The normalized spacial score (nSPS) is 14.9. The van der Waals surface area contributed by atoms with Gasteiger partial charge in [-0.05, 0) is 74.5 Å². The summed E-state index contributed by atoms with van der Waals surface area (Å²) in [5.41, 5.74) is 5.75. The molecule has 4 nitrogen and oxygen atoms in total. The van der Waals surface area contributed by atoms with Gasteiger partial charge in [-0.15, -0.1) is 0 Å². The molecule has 0 spiro atoms. The molecular formula is C21H26N4. The molecule has 0 aliphatic carbocycles. The van der Waals surface area contributed by atoms with Gasteiger partial charge < -0.3 is 5.32 Å². The van der Waals surface area contributed by atoms with Gasteiger partial charge >= 0.3 is 0 Å². The lowest BCUT2D eigenvalue weighted by Crippen LogP contribution is -2.18. The van der Waals surface area contributed by atoms with E-state index in [-0.39, 0.29) is 0 Å². The standard InChI is InChI=1S/C21H26N4/c1-17-7-3-4-8-20(17)24-15-21-19(9-10-22-2)13-18(14-23-21)16-25-11-5-6-12-25/h3-4,7-10,13-14,24H,2,5-6,11-12,15-16H2,1H3/b10-9-. The molecule has 2 aromatic rings. The molecule has 1 fully saturated rings. The Morgan fingerprint density at radius 2 is 2.08 bits per heavy atom. The van der Waals surface area contributed by atoms with Crippen LogP contribution in [0.5, 0.6) is 0 Å². The molecule has 1 N–H and O–H groups in total. The Morgan fingerprint density at radius 1 is 1.28 bits per heavy atom. The lowest BCUT2D eigenvalue weighted by atomic mass is 10.1. The van der Waals surface area contributed by atoms with Crippen LogP contribution >= 0.6 is 0 Å². The number of aliphatic imine (C=N–C) groups is 1. The quantitative estimate of drug-likeness (QED) is 0.769. The van der Waals surface area contributed by atoms with Gasteiger partial charge in [0.15, 0.2) is 0 Å².